The van der Waals surface area contributed by atoms with E-state index in [0.29, 0.717) is 16.1 Å². The fourth-order valence-electron chi connectivity index (χ4n) is 1.42. The first-order chi connectivity index (χ1) is 8.58. The van der Waals surface area contributed by atoms with Crippen LogP contribution in [0.1, 0.15) is 27.7 Å². The first-order valence-corrected chi connectivity index (χ1v) is 6.19. The summed E-state index contributed by atoms with van der Waals surface area (Å²) in [5.41, 5.74) is 1.32. The number of hydrogen-bond donors (Lipinski definition) is 1. The van der Waals surface area contributed by atoms with Crippen LogP contribution in [0, 0.1) is 13.8 Å². The number of carbonyl (C=O) groups is 1. The molecule has 94 valence electrons. The molecule has 0 aliphatic rings. The number of oxazole rings is 1. The van der Waals surface area contributed by atoms with Gasteiger partial charge in [-0.1, -0.05) is 0 Å². The number of hydrogen-bond acceptors (Lipinski definition) is 4. The summed E-state index contributed by atoms with van der Waals surface area (Å²) in [6, 6.07) is 3.40. The molecule has 2 aromatic heterocycles. The van der Waals surface area contributed by atoms with Crippen molar-refractivity contribution in [3.05, 3.63) is 45.8 Å². The fraction of sp³-hybridized carbons (Fsp3) is 0.250. The number of carbonyl (C=O) groups excluding carboxylic acids is 1. The number of nitrogens with zero attached hydrogens (tertiary/aromatic N) is 2. The van der Waals surface area contributed by atoms with Gasteiger partial charge in [-0.05, 0) is 41.9 Å². The molecule has 18 heavy (non-hydrogen) atoms. The zero-order valence-electron chi connectivity index (χ0n) is 10.0. The minimum Gasteiger partial charge on any atom is -0.444 e. The molecule has 0 aliphatic heterocycles. The maximum Gasteiger partial charge on any atom is 0.254 e. The number of aryl methyl sites for hydroxylation is 2. The molecule has 0 saturated heterocycles. The van der Waals surface area contributed by atoms with E-state index in [0.717, 1.165) is 11.5 Å². The molecule has 5 nitrogen and oxygen atoms in total. The second-order valence-corrected chi connectivity index (χ2v) is 4.52. The molecule has 0 unspecified atom stereocenters. The summed E-state index contributed by atoms with van der Waals surface area (Å²) < 4.78 is 5.89. The average Bonchev–Trinajstić information content (AvgIpc) is 2.66. The fourth-order valence-corrected chi connectivity index (χ4v) is 1.85. The van der Waals surface area contributed by atoms with Crippen molar-refractivity contribution in [3.8, 4) is 0 Å². The second kappa shape index (κ2) is 5.30. The Morgan fingerprint density at radius 2 is 2.28 bits per heavy atom. The van der Waals surface area contributed by atoms with Gasteiger partial charge in [0.15, 0.2) is 0 Å². The molecule has 2 rings (SSSR count). The molecule has 0 saturated carbocycles. The van der Waals surface area contributed by atoms with Gasteiger partial charge in [-0.15, -0.1) is 0 Å². The lowest BCUT2D eigenvalue weighted by atomic mass is 10.3. The summed E-state index contributed by atoms with van der Waals surface area (Å²) in [4.78, 5) is 20.1. The van der Waals surface area contributed by atoms with Crippen LogP contribution in [-0.2, 0) is 6.54 Å². The third kappa shape index (κ3) is 2.76. The highest BCUT2D eigenvalue weighted by atomic mass is 79.9. The van der Waals surface area contributed by atoms with Crippen molar-refractivity contribution < 1.29 is 9.21 Å². The van der Waals surface area contributed by atoms with Gasteiger partial charge in [0.05, 0.1) is 17.8 Å². The summed E-state index contributed by atoms with van der Waals surface area (Å²) in [6.07, 6.45) is 1.61. The lowest BCUT2D eigenvalue weighted by molar-refractivity contribution is 0.0946. The molecule has 1 N–H and O–H groups in total. The highest BCUT2D eigenvalue weighted by molar-refractivity contribution is 9.10. The van der Waals surface area contributed by atoms with Gasteiger partial charge in [0, 0.05) is 6.20 Å². The van der Waals surface area contributed by atoms with Gasteiger partial charge in [-0.25, -0.2) is 9.97 Å². The van der Waals surface area contributed by atoms with Crippen molar-refractivity contribution in [1.82, 2.24) is 15.3 Å². The molecule has 0 spiro atoms. The van der Waals surface area contributed by atoms with E-state index in [1.165, 1.54) is 0 Å². The van der Waals surface area contributed by atoms with E-state index in [9.17, 15) is 4.79 Å². The molecule has 0 bridgehead atoms. The van der Waals surface area contributed by atoms with Crippen molar-refractivity contribution in [3.63, 3.8) is 0 Å². The number of nitrogens with one attached hydrogen (secondary N) is 1. The lowest BCUT2D eigenvalue weighted by Gasteiger charge is -2.03. The van der Waals surface area contributed by atoms with Gasteiger partial charge >= 0.3 is 0 Å². The van der Waals surface area contributed by atoms with E-state index >= 15 is 0 Å². The molecule has 0 aromatic carbocycles. The molecular weight excluding hydrogens is 298 g/mol. The Morgan fingerprint density at radius 1 is 1.50 bits per heavy atom. The summed E-state index contributed by atoms with van der Waals surface area (Å²) in [5.74, 6) is 1.05. The Morgan fingerprint density at radius 3 is 2.89 bits per heavy atom. The third-order valence-corrected chi connectivity index (χ3v) is 3.11. The van der Waals surface area contributed by atoms with E-state index in [1.807, 2.05) is 13.8 Å². The second-order valence-electron chi connectivity index (χ2n) is 3.77. The molecule has 2 heterocycles. The molecule has 2 aromatic rings. The van der Waals surface area contributed by atoms with Crippen LogP contribution in [0.2, 0.25) is 0 Å². The predicted molar refractivity (Wildman–Crippen MR) is 69.1 cm³/mol. The van der Waals surface area contributed by atoms with Crippen molar-refractivity contribution >= 4 is 21.8 Å². The molecule has 0 radical (unpaired) electrons. The Kier molecular flexibility index (Phi) is 3.76. The van der Waals surface area contributed by atoms with Crippen LogP contribution in [-0.4, -0.2) is 15.9 Å². The average molecular weight is 310 g/mol. The topological polar surface area (TPSA) is 68.0 Å². The van der Waals surface area contributed by atoms with Crippen molar-refractivity contribution in [2.45, 2.75) is 20.4 Å². The Hall–Kier alpha value is -1.69. The third-order valence-electron chi connectivity index (χ3n) is 2.48. The predicted octanol–water partition coefficient (Wildman–Crippen LogP) is 2.38. The normalized spacial score (nSPS) is 10.4. The minimum absolute atomic E-state index is 0.219. The number of amides is 1. The zero-order valence-corrected chi connectivity index (χ0v) is 11.6. The Bertz CT molecular complexity index is 561. The van der Waals surface area contributed by atoms with Gasteiger partial charge in [0.2, 0.25) is 5.89 Å². The van der Waals surface area contributed by atoms with Gasteiger partial charge in [-0.3, -0.25) is 4.79 Å². The number of rotatable bonds is 3. The zero-order chi connectivity index (χ0) is 13.1. The van der Waals surface area contributed by atoms with E-state index in [-0.39, 0.29) is 12.5 Å². The molecule has 1 amide bonds. The molecule has 0 fully saturated rings. The maximum atomic E-state index is 11.9. The number of aromatic nitrogens is 2. The van der Waals surface area contributed by atoms with E-state index in [4.69, 9.17) is 4.42 Å². The summed E-state index contributed by atoms with van der Waals surface area (Å²) in [6.45, 7) is 3.96. The van der Waals surface area contributed by atoms with Crippen LogP contribution in [0.3, 0.4) is 0 Å². The Balaban J connectivity index is 2.03. The van der Waals surface area contributed by atoms with Crippen LogP contribution in [0.15, 0.2) is 27.3 Å². The molecule has 0 aliphatic carbocycles. The lowest BCUT2D eigenvalue weighted by Crippen LogP contribution is -2.23. The van der Waals surface area contributed by atoms with Gasteiger partial charge in [-0.2, -0.15) is 0 Å². The molecule has 0 atom stereocenters. The standard InChI is InChI=1S/C12H12BrN3O2/c1-7-8(2)18-10(16-7)6-15-12(17)9-4-3-5-14-11(9)13/h3-5H,6H2,1-2H3,(H,15,17). The van der Waals surface area contributed by atoms with E-state index in [1.54, 1.807) is 18.3 Å². The number of halogens is 1. The van der Waals surface area contributed by atoms with E-state index in [2.05, 4.69) is 31.2 Å². The summed E-state index contributed by atoms with van der Waals surface area (Å²) in [7, 11) is 0. The van der Waals surface area contributed by atoms with Crippen LogP contribution >= 0.6 is 15.9 Å². The smallest absolute Gasteiger partial charge is 0.254 e. The van der Waals surface area contributed by atoms with E-state index < -0.39 is 0 Å². The van der Waals surface area contributed by atoms with Crippen molar-refractivity contribution in [2.24, 2.45) is 0 Å². The van der Waals surface area contributed by atoms with Crippen LogP contribution in [0.25, 0.3) is 0 Å². The van der Waals surface area contributed by atoms with Crippen molar-refractivity contribution in [1.29, 1.82) is 0 Å². The first kappa shape index (κ1) is 12.8. The highest BCUT2D eigenvalue weighted by Gasteiger charge is 2.12. The van der Waals surface area contributed by atoms with Gasteiger partial charge < -0.3 is 9.73 Å². The quantitative estimate of drug-likeness (QED) is 0.884. The van der Waals surface area contributed by atoms with Gasteiger partial charge in [0.25, 0.3) is 5.91 Å². The van der Waals surface area contributed by atoms with Crippen LogP contribution in [0.5, 0.6) is 0 Å². The monoisotopic (exact) mass is 309 g/mol. The number of pyridine rings is 1. The Labute approximate surface area is 113 Å². The van der Waals surface area contributed by atoms with Gasteiger partial charge in [0.1, 0.15) is 10.4 Å². The maximum absolute atomic E-state index is 11.9. The molecule has 6 heteroatoms. The summed E-state index contributed by atoms with van der Waals surface area (Å²) in [5, 5.41) is 2.73. The van der Waals surface area contributed by atoms with Crippen molar-refractivity contribution in [2.75, 3.05) is 0 Å². The van der Waals surface area contributed by atoms with Crippen LogP contribution in [0.4, 0.5) is 0 Å². The first-order valence-electron chi connectivity index (χ1n) is 5.39. The highest BCUT2D eigenvalue weighted by Crippen LogP contribution is 2.13. The largest absolute Gasteiger partial charge is 0.444 e. The van der Waals surface area contributed by atoms with Crippen LogP contribution < -0.4 is 5.32 Å². The SMILES string of the molecule is Cc1nc(CNC(=O)c2cccnc2Br)oc1C. The molecular formula is C12H12BrN3O2. The summed E-state index contributed by atoms with van der Waals surface area (Å²) >= 11 is 3.23. The minimum atomic E-state index is -0.219.